The Balaban J connectivity index is 2.15. The lowest BCUT2D eigenvalue weighted by molar-refractivity contribution is 0.974. The van der Waals surface area contributed by atoms with Crippen molar-refractivity contribution >= 4 is 28.8 Å². The van der Waals surface area contributed by atoms with Gasteiger partial charge in [0, 0.05) is 4.88 Å². The Labute approximate surface area is 110 Å². The van der Waals surface area contributed by atoms with E-state index in [1.807, 2.05) is 13.8 Å². The van der Waals surface area contributed by atoms with Crippen LogP contribution in [0.3, 0.4) is 0 Å². The number of hydrogen-bond donors (Lipinski definition) is 1. The monoisotopic (exact) mass is 267 g/mol. The van der Waals surface area contributed by atoms with Gasteiger partial charge in [-0.2, -0.15) is 0 Å². The quantitative estimate of drug-likeness (QED) is 0.921. The van der Waals surface area contributed by atoms with Crippen LogP contribution in [0.4, 0.5) is 5.82 Å². The van der Waals surface area contributed by atoms with Crippen LogP contribution < -0.4 is 5.32 Å². The minimum Gasteiger partial charge on any atom is -0.363 e. The molecule has 0 saturated heterocycles. The second-order valence-corrected chi connectivity index (χ2v) is 5.33. The van der Waals surface area contributed by atoms with Crippen LogP contribution in [-0.4, -0.2) is 10.2 Å². The minimum absolute atomic E-state index is 0.473. The summed E-state index contributed by atoms with van der Waals surface area (Å²) in [5.74, 6) is 0.805. The number of anilines is 1. The first-order valence-electron chi connectivity index (χ1n) is 5.36. The number of halogens is 1. The zero-order chi connectivity index (χ0) is 12.4. The van der Waals surface area contributed by atoms with Gasteiger partial charge in [0.2, 0.25) is 0 Å². The predicted molar refractivity (Wildman–Crippen MR) is 72.9 cm³/mol. The number of aromatic nitrogens is 2. The van der Waals surface area contributed by atoms with E-state index in [9.17, 15) is 0 Å². The third-order valence-corrected chi connectivity index (χ3v) is 4.23. The van der Waals surface area contributed by atoms with Crippen LogP contribution in [0.2, 0.25) is 5.15 Å². The Kier molecular flexibility index (Phi) is 3.64. The zero-order valence-electron chi connectivity index (χ0n) is 10.0. The molecule has 5 heteroatoms. The summed E-state index contributed by atoms with van der Waals surface area (Å²) in [4.78, 5) is 1.32. The molecule has 0 saturated carbocycles. The highest BCUT2D eigenvalue weighted by Crippen LogP contribution is 2.22. The molecule has 0 aromatic carbocycles. The summed E-state index contributed by atoms with van der Waals surface area (Å²) in [7, 11) is 0. The van der Waals surface area contributed by atoms with Crippen molar-refractivity contribution in [3.8, 4) is 0 Å². The van der Waals surface area contributed by atoms with Crippen LogP contribution in [0.15, 0.2) is 11.4 Å². The van der Waals surface area contributed by atoms with Crippen molar-refractivity contribution < 1.29 is 0 Å². The number of rotatable bonds is 3. The second kappa shape index (κ2) is 5.02. The van der Waals surface area contributed by atoms with Crippen LogP contribution >= 0.6 is 22.9 Å². The molecule has 0 amide bonds. The lowest BCUT2D eigenvalue weighted by atomic mass is 10.2. The normalized spacial score (nSPS) is 10.6. The molecular weight excluding hydrogens is 254 g/mol. The molecule has 0 bridgehead atoms. The van der Waals surface area contributed by atoms with Gasteiger partial charge in [0.1, 0.15) is 0 Å². The summed E-state index contributed by atoms with van der Waals surface area (Å²) in [5, 5.41) is 13.9. The first kappa shape index (κ1) is 12.3. The van der Waals surface area contributed by atoms with Crippen molar-refractivity contribution in [1.29, 1.82) is 0 Å². The van der Waals surface area contributed by atoms with Crippen molar-refractivity contribution in [2.45, 2.75) is 27.3 Å². The Morgan fingerprint density at radius 3 is 2.65 bits per heavy atom. The molecule has 0 fully saturated rings. The number of nitrogens with one attached hydrogen (secondary N) is 1. The van der Waals surface area contributed by atoms with Gasteiger partial charge in [-0.1, -0.05) is 11.6 Å². The SMILES string of the molecule is Cc1ccsc1CNc1nnc(Cl)c(C)c1C. The molecule has 17 heavy (non-hydrogen) atoms. The highest BCUT2D eigenvalue weighted by molar-refractivity contribution is 7.10. The number of nitrogens with zero attached hydrogens (tertiary/aromatic N) is 2. The molecule has 2 heterocycles. The largest absolute Gasteiger partial charge is 0.363 e. The summed E-state index contributed by atoms with van der Waals surface area (Å²) in [6, 6.07) is 2.12. The molecule has 90 valence electrons. The standard InChI is InChI=1S/C12H14ClN3S/c1-7-4-5-17-10(7)6-14-12-9(3)8(2)11(13)15-16-12/h4-5H,6H2,1-3H3,(H,14,16). The topological polar surface area (TPSA) is 37.8 Å². The average Bonchev–Trinajstić information content (AvgIpc) is 2.71. The summed E-state index contributed by atoms with van der Waals surface area (Å²) in [6.07, 6.45) is 0. The first-order valence-corrected chi connectivity index (χ1v) is 6.61. The maximum absolute atomic E-state index is 5.91. The molecular formula is C12H14ClN3S. The van der Waals surface area contributed by atoms with Gasteiger partial charge in [-0.25, -0.2) is 0 Å². The lowest BCUT2D eigenvalue weighted by Crippen LogP contribution is -2.05. The van der Waals surface area contributed by atoms with E-state index in [0.29, 0.717) is 5.15 Å². The van der Waals surface area contributed by atoms with Crippen LogP contribution in [0.1, 0.15) is 21.6 Å². The Hall–Kier alpha value is -1.13. The Morgan fingerprint density at radius 1 is 1.24 bits per heavy atom. The summed E-state index contributed by atoms with van der Waals surface area (Å²) in [5.41, 5.74) is 3.34. The number of thiophene rings is 1. The summed E-state index contributed by atoms with van der Waals surface area (Å²) >= 11 is 7.66. The molecule has 1 N–H and O–H groups in total. The van der Waals surface area contributed by atoms with Gasteiger partial charge < -0.3 is 5.32 Å². The van der Waals surface area contributed by atoms with E-state index in [2.05, 4.69) is 33.9 Å². The van der Waals surface area contributed by atoms with Gasteiger partial charge in [-0.05, 0) is 48.9 Å². The second-order valence-electron chi connectivity index (χ2n) is 3.97. The maximum atomic E-state index is 5.91. The van der Waals surface area contributed by atoms with E-state index in [1.165, 1.54) is 10.4 Å². The molecule has 0 atom stereocenters. The van der Waals surface area contributed by atoms with Crippen molar-refractivity contribution in [3.05, 3.63) is 38.2 Å². The van der Waals surface area contributed by atoms with Crippen LogP contribution in [0.25, 0.3) is 0 Å². The van der Waals surface area contributed by atoms with Gasteiger partial charge in [0.15, 0.2) is 11.0 Å². The van der Waals surface area contributed by atoms with Gasteiger partial charge in [-0.15, -0.1) is 21.5 Å². The highest BCUT2D eigenvalue weighted by atomic mass is 35.5. The maximum Gasteiger partial charge on any atom is 0.155 e. The molecule has 0 aliphatic carbocycles. The fourth-order valence-corrected chi connectivity index (χ4v) is 2.52. The molecule has 0 aliphatic rings. The molecule has 0 unspecified atom stereocenters. The molecule has 0 aliphatic heterocycles. The smallest absolute Gasteiger partial charge is 0.155 e. The molecule has 2 aromatic rings. The van der Waals surface area contributed by atoms with Gasteiger partial charge >= 0.3 is 0 Å². The fourth-order valence-electron chi connectivity index (χ4n) is 1.49. The third-order valence-electron chi connectivity index (χ3n) is 2.85. The van der Waals surface area contributed by atoms with Crippen LogP contribution in [-0.2, 0) is 6.54 Å². The minimum atomic E-state index is 0.473. The first-order chi connectivity index (χ1) is 8.09. The van der Waals surface area contributed by atoms with Gasteiger partial charge in [0.05, 0.1) is 6.54 Å². The number of hydrogen-bond acceptors (Lipinski definition) is 4. The van der Waals surface area contributed by atoms with E-state index in [-0.39, 0.29) is 0 Å². The van der Waals surface area contributed by atoms with Crippen molar-refractivity contribution in [1.82, 2.24) is 10.2 Å². The van der Waals surface area contributed by atoms with Gasteiger partial charge in [0.25, 0.3) is 0 Å². The van der Waals surface area contributed by atoms with E-state index in [4.69, 9.17) is 11.6 Å². The Bertz CT molecular complexity index is 537. The van der Waals surface area contributed by atoms with Crippen molar-refractivity contribution in [2.75, 3.05) is 5.32 Å². The lowest BCUT2D eigenvalue weighted by Gasteiger charge is -2.09. The molecule has 2 rings (SSSR count). The highest BCUT2D eigenvalue weighted by Gasteiger charge is 2.08. The molecule has 0 spiro atoms. The molecule has 0 radical (unpaired) electrons. The number of aryl methyl sites for hydroxylation is 1. The van der Waals surface area contributed by atoms with Crippen LogP contribution in [0.5, 0.6) is 0 Å². The summed E-state index contributed by atoms with van der Waals surface area (Å²) in [6.45, 7) is 6.84. The predicted octanol–water partition coefficient (Wildman–Crippen LogP) is 3.73. The van der Waals surface area contributed by atoms with Crippen molar-refractivity contribution in [3.63, 3.8) is 0 Å². The van der Waals surface area contributed by atoms with Crippen LogP contribution in [0, 0.1) is 20.8 Å². The Morgan fingerprint density at radius 2 is 2.00 bits per heavy atom. The summed E-state index contributed by atoms with van der Waals surface area (Å²) < 4.78 is 0. The zero-order valence-corrected chi connectivity index (χ0v) is 11.6. The third kappa shape index (κ3) is 2.58. The van der Waals surface area contributed by atoms with Gasteiger partial charge in [-0.3, -0.25) is 0 Å². The van der Waals surface area contributed by atoms with E-state index in [1.54, 1.807) is 11.3 Å². The van der Waals surface area contributed by atoms with Crippen molar-refractivity contribution in [2.24, 2.45) is 0 Å². The average molecular weight is 268 g/mol. The molecule has 2 aromatic heterocycles. The van der Waals surface area contributed by atoms with E-state index in [0.717, 1.165) is 23.5 Å². The molecule has 3 nitrogen and oxygen atoms in total. The fraction of sp³-hybridized carbons (Fsp3) is 0.333. The van der Waals surface area contributed by atoms with E-state index >= 15 is 0 Å². The van der Waals surface area contributed by atoms with E-state index < -0.39 is 0 Å².